The summed E-state index contributed by atoms with van der Waals surface area (Å²) in [5.41, 5.74) is -0.0904. The highest BCUT2D eigenvalue weighted by Gasteiger charge is 2.20. The first-order valence-corrected chi connectivity index (χ1v) is 8.34. The van der Waals surface area contributed by atoms with Crippen molar-refractivity contribution in [1.82, 2.24) is 0 Å². The molecule has 3 rings (SSSR count). The lowest BCUT2D eigenvalue weighted by atomic mass is 10.1. The molecule has 0 aromatic heterocycles. The monoisotopic (exact) mass is 331 g/mol. The minimum absolute atomic E-state index is 0.0668. The second-order valence-electron chi connectivity index (χ2n) is 4.90. The summed E-state index contributed by atoms with van der Waals surface area (Å²) in [6.45, 7) is 0. The van der Waals surface area contributed by atoms with Crippen molar-refractivity contribution in [2.75, 3.05) is 11.8 Å². The van der Waals surface area contributed by atoms with Crippen molar-refractivity contribution in [2.24, 2.45) is 0 Å². The number of hydrogen-bond acceptors (Lipinski definition) is 3. The Hall–Kier alpha value is -2.60. The highest BCUT2D eigenvalue weighted by atomic mass is 32.2. The van der Waals surface area contributed by atoms with E-state index in [1.165, 1.54) is 31.4 Å². The number of fused-ring (bicyclic) bond motifs is 1. The molecule has 1 N–H and O–H groups in total. The van der Waals surface area contributed by atoms with Gasteiger partial charge in [0.1, 0.15) is 11.6 Å². The first-order valence-electron chi connectivity index (χ1n) is 6.86. The SMILES string of the molecule is COc1ccc(S(=O)(=O)Nc2ccccc2F)c2ccccc12. The standard InChI is InChI=1S/C17H14FNO3S/c1-22-16-10-11-17(13-7-3-2-6-12(13)16)23(20,21)19-15-9-5-4-8-14(15)18/h2-11,19H,1H3. The van der Waals surface area contributed by atoms with Gasteiger partial charge in [0.15, 0.2) is 0 Å². The van der Waals surface area contributed by atoms with Crippen LogP contribution in [0.1, 0.15) is 0 Å². The van der Waals surface area contributed by atoms with Crippen LogP contribution < -0.4 is 9.46 Å². The second kappa shape index (κ2) is 5.89. The predicted octanol–water partition coefficient (Wildman–Crippen LogP) is 3.79. The van der Waals surface area contributed by atoms with Gasteiger partial charge in [-0.15, -0.1) is 0 Å². The molecule has 3 aromatic rings. The van der Waals surface area contributed by atoms with E-state index < -0.39 is 15.8 Å². The van der Waals surface area contributed by atoms with Gasteiger partial charge in [-0.2, -0.15) is 0 Å². The summed E-state index contributed by atoms with van der Waals surface area (Å²) in [4.78, 5) is 0.0668. The minimum Gasteiger partial charge on any atom is -0.496 e. The number of halogens is 1. The van der Waals surface area contributed by atoms with Crippen LogP contribution in [-0.4, -0.2) is 15.5 Å². The summed E-state index contributed by atoms with van der Waals surface area (Å²) in [5, 5.41) is 1.18. The Morgan fingerprint density at radius 2 is 1.57 bits per heavy atom. The van der Waals surface area contributed by atoms with Crippen molar-refractivity contribution in [3.05, 3.63) is 66.5 Å². The fraction of sp³-hybridized carbons (Fsp3) is 0.0588. The van der Waals surface area contributed by atoms with Crippen molar-refractivity contribution in [3.8, 4) is 5.75 Å². The van der Waals surface area contributed by atoms with E-state index in [1.54, 1.807) is 36.4 Å². The van der Waals surface area contributed by atoms with E-state index >= 15 is 0 Å². The Kier molecular flexibility index (Phi) is 3.92. The average Bonchev–Trinajstić information content (AvgIpc) is 2.55. The second-order valence-corrected chi connectivity index (χ2v) is 6.55. The highest BCUT2D eigenvalue weighted by molar-refractivity contribution is 7.93. The molecule has 0 heterocycles. The van der Waals surface area contributed by atoms with Crippen LogP contribution in [0.2, 0.25) is 0 Å². The summed E-state index contributed by atoms with van der Waals surface area (Å²) >= 11 is 0. The van der Waals surface area contributed by atoms with Crippen LogP contribution in [0, 0.1) is 5.82 Å². The van der Waals surface area contributed by atoms with Crippen molar-refractivity contribution in [2.45, 2.75) is 4.90 Å². The average molecular weight is 331 g/mol. The number of ether oxygens (including phenoxy) is 1. The van der Waals surface area contributed by atoms with Gasteiger partial charge >= 0.3 is 0 Å². The topological polar surface area (TPSA) is 55.4 Å². The van der Waals surface area contributed by atoms with Gasteiger partial charge in [0.25, 0.3) is 10.0 Å². The van der Waals surface area contributed by atoms with Crippen molar-refractivity contribution < 1.29 is 17.5 Å². The number of hydrogen-bond donors (Lipinski definition) is 1. The molecule has 0 saturated carbocycles. The molecule has 0 unspecified atom stereocenters. The smallest absolute Gasteiger partial charge is 0.262 e. The van der Waals surface area contributed by atoms with Crippen molar-refractivity contribution in [3.63, 3.8) is 0 Å². The number of nitrogens with one attached hydrogen (secondary N) is 1. The number of sulfonamides is 1. The van der Waals surface area contributed by atoms with Crippen LogP contribution in [0.15, 0.2) is 65.6 Å². The van der Waals surface area contributed by atoms with Crippen LogP contribution in [0.25, 0.3) is 10.8 Å². The van der Waals surface area contributed by atoms with Gasteiger partial charge in [0.2, 0.25) is 0 Å². The highest BCUT2D eigenvalue weighted by Crippen LogP contribution is 2.31. The zero-order chi connectivity index (χ0) is 16.4. The lowest BCUT2D eigenvalue weighted by Crippen LogP contribution is -2.14. The van der Waals surface area contributed by atoms with Crippen LogP contribution >= 0.6 is 0 Å². The molecule has 0 aliphatic heterocycles. The number of para-hydroxylation sites is 1. The van der Waals surface area contributed by atoms with E-state index in [1.807, 2.05) is 0 Å². The zero-order valence-electron chi connectivity index (χ0n) is 12.3. The molecule has 0 fully saturated rings. The molecule has 0 spiro atoms. The van der Waals surface area contributed by atoms with Crippen LogP contribution in [0.5, 0.6) is 5.75 Å². The third kappa shape index (κ3) is 2.85. The quantitative estimate of drug-likeness (QED) is 0.791. The van der Waals surface area contributed by atoms with E-state index in [9.17, 15) is 12.8 Å². The molecular formula is C17H14FNO3S. The number of rotatable bonds is 4. The first kappa shape index (κ1) is 15.3. The summed E-state index contributed by atoms with van der Waals surface area (Å²) < 4.78 is 46.6. The zero-order valence-corrected chi connectivity index (χ0v) is 13.1. The maximum absolute atomic E-state index is 13.7. The summed E-state index contributed by atoms with van der Waals surface area (Å²) in [7, 11) is -2.41. The van der Waals surface area contributed by atoms with Crippen LogP contribution in [0.4, 0.5) is 10.1 Å². The summed E-state index contributed by atoms with van der Waals surface area (Å²) in [5.74, 6) is -0.0562. The van der Waals surface area contributed by atoms with Gasteiger partial charge in [-0.25, -0.2) is 12.8 Å². The molecule has 0 aliphatic carbocycles. The van der Waals surface area contributed by atoms with Gasteiger partial charge in [-0.1, -0.05) is 36.4 Å². The van der Waals surface area contributed by atoms with E-state index in [4.69, 9.17) is 4.74 Å². The maximum Gasteiger partial charge on any atom is 0.262 e. The van der Waals surface area contributed by atoms with Gasteiger partial charge in [-0.3, -0.25) is 4.72 Å². The largest absolute Gasteiger partial charge is 0.496 e. The van der Waals surface area contributed by atoms with E-state index in [0.717, 1.165) is 0 Å². The molecule has 0 bridgehead atoms. The van der Waals surface area contributed by atoms with E-state index in [-0.39, 0.29) is 10.6 Å². The predicted molar refractivity (Wildman–Crippen MR) is 87.7 cm³/mol. The minimum atomic E-state index is -3.93. The molecule has 0 atom stereocenters. The third-order valence-electron chi connectivity index (χ3n) is 3.47. The fourth-order valence-electron chi connectivity index (χ4n) is 2.40. The Morgan fingerprint density at radius 3 is 2.26 bits per heavy atom. The third-order valence-corrected chi connectivity index (χ3v) is 4.90. The summed E-state index contributed by atoms with van der Waals surface area (Å²) in [6.07, 6.45) is 0. The molecule has 0 amide bonds. The van der Waals surface area contributed by atoms with Crippen LogP contribution in [-0.2, 0) is 10.0 Å². The molecular weight excluding hydrogens is 317 g/mol. The van der Waals surface area contributed by atoms with Gasteiger partial charge in [-0.05, 0) is 24.3 Å². The van der Waals surface area contributed by atoms with Gasteiger partial charge < -0.3 is 4.74 Å². The normalized spacial score (nSPS) is 11.4. The maximum atomic E-state index is 13.7. The lowest BCUT2D eigenvalue weighted by molar-refractivity contribution is 0.419. The molecule has 118 valence electrons. The number of benzene rings is 3. The Labute approximate surface area is 133 Å². The van der Waals surface area contributed by atoms with Crippen molar-refractivity contribution >= 4 is 26.5 Å². The van der Waals surface area contributed by atoms with E-state index in [2.05, 4.69) is 4.72 Å². The first-order chi connectivity index (χ1) is 11.0. The lowest BCUT2D eigenvalue weighted by Gasteiger charge is -2.13. The Balaban J connectivity index is 2.14. The van der Waals surface area contributed by atoms with Crippen LogP contribution in [0.3, 0.4) is 0 Å². The molecule has 4 nitrogen and oxygen atoms in total. The Morgan fingerprint density at radius 1 is 0.913 bits per heavy atom. The molecule has 0 aliphatic rings. The molecule has 6 heteroatoms. The van der Waals surface area contributed by atoms with Gasteiger partial charge in [0.05, 0.1) is 17.7 Å². The molecule has 23 heavy (non-hydrogen) atoms. The molecule has 3 aromatic carbocycles. The molecule has 0 saturated heterocycles. The number of anilines is 1. The Bertz CT molecular complexity index is 970. The fourth-order valence-corrected chi connectivity index (χ4v) is 3.68. The number of methoxy groups -OCH3 is 1. The van der Waals surface area contributed by atoms with Crippen molar-refractivity contribution in [1.29, 1.82) is 0 Å². The summed E-state index contributed by atoms with van der Waals surface area (Å²) in [6, 6.07) is 15.7. The van der Waals surface area contributed by atoms with Gasteiger partial charge in [0, 0.05) is 10.8 Å². The molecule has 0 radical (unpaired) electrons. The van der Waals surface area contributed by atoms with E-state index in [0.29, 0.717) is 16.5 Å².